The van der Waals surface area contributed by atoms with Gasteiger partial charge >= 0.3 is 0 Å². The molecule has 1 saturated heterocycles. The molecule has 33 heavy (non-hydrogen) atoms. The molecule has 4 nitrogen and oxygen atoms in total. The van der Waals surface area contributed by atoms with Crippen LogP contribution in [-0.4, -0.2) is 23.3 Å². The molecule has 1 aromatic rings. The van der Waals surface area contributed by atoms with Gasteiger partial charge in [0.25, 0.3) is 0 Å². The topological polar surface area (TPSA) is 52.6 Å². The highest BCUT2D eigenvalue weighted by molar-refractivity contribution is 5.91. The molecule has 3 saturated carbocycles. The highest BCUT2D eigenvalue weighted by Gasteiger charge is 2.75. The van der Waals surface area contributed by atoms with Crippen LogP contribution in [0.2, 0.25) is 0 Å². The maximum absolute atomic E-state index is 13.5. The summed E-state index contributed by atoms with van der Waals surface area (Å²) in [5.41, 5.74) is 1.35. The van der Waals surface area contributed by atoms with Crippen LogP contribution < -0.4 is 0 Å². The highest BCUT2D eigenvalue weighted by atomic mass is 16.8. The van der Waals surface area contributed by atoms with E-state index in [1.807, 2.05) is 43.3 Å². The summed E-state index contributed by atoms with van der Waals surface area (Å²) < 4.78 is 13.6. The smallest absolute Gasteiger partial charge is 0.193 e. The summed E-state index contributed by atoms with van der Waals surface area (Å²) in [7, 11) is 0. The predicted molar refractivity (Wildman–Crippen MR) is 125 cm³/mol. The average molecular weight is 449 g/mol. The summed E-state index contributed by atoms with van der Waals surface area (Å²) in [6.45, 7) is 8.41. The predicted octanol–water partition coefficient (Wildman–Crippen LogP) is 5.74. The van der Waals surface area contributed by atoms with E-state index in [2.05, 4.69) is 13.8 Å². The number of allylic oxidation sites excluding steroid dienone is 1. The molecule has 0 spiro atoms. The number of hydrogen-bond donors (Lipinski definition) is 0. The minimum absolute atomic E-state index is 0.112. The van der Waals surface area contributed by atoms with E-state index in [9.17, 15) is 9.59 Å². The Balaban J connectivity index is 1.38. The van der Waals surface area contributed by atoms with E-state index < -0.39 is 11.4 Å². The number of ether oxygens (including phenoxy) is 2. The Morgan fingerprint density at radius 1 is 1.00 bits per heavy atom. The van der Waals surface area contributed by atoms with Gasteiger partial charge in [0.15, 0.2) is 23.0 Å². The minimum Gasteiger partial charge on any atom is -0.339 e. The highest BCUT2D eigenvalue weighted by Crippen LogP contribution is 2.71. The number of hydrogen-bond acceptors (Lipinski definition) is 4. The van der Waals surface area contributed by atoms with Crippen LogP contribution >= 0.6 is 0 Å². The second-order valence-electron chi connectivity index (χ2n) is 12.0. The Hall–Kier alpha value is -1.78. The van der Waals surface area contributed by atoms with E-state index in [-0.39, 0.29) is 22.7 Å². The number of carbonyl (C=O) groups excluding carboxylic acids is 2. The van der Waals surface area contributed by atoms with Crippen LogP contribution in [0.25, 0.3) is 0 Å². The first-order valence-corrected chi connectivity index (χ1v) is 12.8. The zero-order chi connectivity index (χ0) is 23.2. The third-order valence-corrected chi connectivity index (χ3v) is 10.7. The van der Waals surface area contributed by atoms with Crippen molar-refractivity contribution in [3.63, 3.8) is 0 Å². The number of ketones is 2. The quantitative estimate of drug-likeness (QED) is 0.579. The van der Waals surface area contributed by atoms with Crippen molar-refractivity contribution in [3.8, 4) is 0 Å². The van der Waals surface area contributed by atoms with E-state index in [1.54, 1.807) is 6.92 Å². The summed E-state index contributed by atoms with van der Waals surface area (Å²) in [4.78, 5) is 25.6. The molecule has 4 fully saturated rings. The SMILES string of the molecule is CC(=O)[C@]12O[C@](C)(c3ccccc3)O[C@@H]1C[C@H]1[C@@H]3CCC4=CC(=O)CC[C@]4(C)[C@H]3CC[C@@]12C. The summed E-state index contributed by atoms with van der Waals surface area (Å²) >= 11 is 0. The molecule has 1 aliphatic heterocycles. The van der Waals surface area contributed by atoms with Gasteiger partial charge in [0.2, 0.25) is 0 Å². The molecule has 5 aliphatic rings. The Bertz CT molecular complexity index is 1040. The lowest BCUT2D eigenvalue weighted by molar-refractivity contribution is -0.227. The van der Waals surface area contributed by atoms with E-state index >= 15 is 0 Å². The lowest BCUT2D eigenvalue weighted by Crippen LogP contribution is -2.59. The molecule has 8 atom stereocenters. The molecule has 6 rings (SSSR count). The second-order valence-corrected chi connectivity index (χ2v) is 12.0. The first-order valence-electron chi connectivity index (χ1n) is 12.8. The molecule has 1 aromatic carbocycles. The number of rotatable bonds is 2. The summed E-state index contributed by atoms with van der Waals surface area (Å²) in [6, 6.07) is 10.1. The van der Waals surface area contributed by atoms with Crippen molar-refractivity contribution in [1.82, 2.24) is 0 Å². The summed E-state index contributed by atoms with van der Waals surface area (Å²) in [5.74, 6) is 1.04. The zero-order valence-electron chi connectivity index (χ0n) is 20.4. The van der Waals surface area contributed by atoms with Crippen LogP contribution in [0, 0.1) is 28.6 Å². The van der Waals surface area contributed by atoms with Gasteiger partial charge in [-0.3, -0.25) is 9.59 Å². The van der Waals surface area contributed by atoms with Crippen LogP contribution in [-0.2, 0) is 24.8 Å². The molecular weight excluding hydrogens is 412 g/mol. The van der Waals surface area contributed by atoms with Gasteiger partial charge in [-0.2, -0.15) is 0 Å². The zero-order valence-corrected chi connectivity index (χ0v) is 20.4. The van der Waals surface area contributed by atoms with Crippen LogP contribution in [0.5, 0.6) is 0 Å². The molecule has 0 aromatic heterocycles. The number of Topliss-reactive ketones (excluding diaryl/α,β-unsaturated/α-hetero) is 1. The first-order chi connectivity index (χ1) is 15.6. The lowest BCUT2D eigenvalue weighted by Gasteiger charge is -2.59. The molecule has 0 bridgehead atoms. The number of carbonyl (C=O) groups is 2. The summed E-state index contributed by atoms with van der Waals surface area (Å²) in [6.07, 6.45) is 8.46. The molecule has 4 aliphatic carbocycles. The fourth-order valence-electron chi connectivity index (χ4n) is 9.02. The van der Waals surface area contributed by atoms with E-state index in [0.29, 0.717) is 30.0 Å². The standard InChI is InChI=1S/C29H36O4/c1-18(30)29-25(32-28(4,33-29)19-8-6-5-7-9-19)17-24-22-11-10-20-16-21(31)12-14-26(20,2)23(22)13-15-27(24,29)3/h5-9,16,22-25H,10-15,17H2,1-4H3/t22-,23+,24+,25-,26+,27+,28-,29+/m1/s1. The normalized spacial score (nSPS) is 48.4. The monoisotopic (exact) mass is 448 g/mol. The fourth-order valence-corrected chi connectivity index (χ4v) is 9.02. The Labute approximate surface area is 197 Å². The van der Waals surface area contributed by atoms with Gasteiger partial charge in [0.05, 0.1) is 6.10 Å². The lowest BCUT2D eigenvalue weighted by atomic mass is 9.46. The van der Waals surface area contributed by atoms with Gasteiger partial charge in [-0.25, -0.2) is 0 Å². The molecule has 0 radical (unpaired) electrons. The first kappa shape index (κ1) is 21.7. The van der Waals surface area contributed by atoms with Crippen molar-refractivity contribution < 1.29 is 19.1 Å². The number of benzene rings is 1. The Morgan fingerprint density at radius 2 is 1.76 bits per heavy atom. The van der Waals surface area contributed by atoms with Crippen molar-refractivity contribution in [3.05, 3.63) is 47.5 Å². The van der Waals surface area contributed by atoms with Gasteiger partial charge in [-0.1, -0.05) is 49.8 Å². The van der Waals surface area contributed by atoms with E-state index in [1.165, 1.54) is 5.57 Å². The third-order valence-electron chi connectivity index (χ3n) is 10.7. The van der Waals surface area contributed by atoms with E-state index in [4.69, 9.17) is 9.47 Å². The van der Waals surface area contributed by atoms with Crippen LogP contribution in [0.3, 0.4) is 0 Å². The number of fused-ring (bicyclic) bond motifs is 7. The maximum atomic E-state index is 13.5. The van der Waals surface area contributed by atoms with Gasteiger partial charge in [-0.15, -0.1) is 0 Å². The van der Waals surface area contributed by atoms with Crippen LogP contribution in [0.1, 0.15) is 78.2 Å². The summed E-state index contributed by atoms with van der Waals surface area (Å²) in [5, 5.41) is 0. The van der Waals surface area contributed by atoms with Crippen LogP contribution in [0.15, 0.2) is 42.0 Å². The molecule has 0 N–H and O–H groups in total. The molecule has 0 unspecified atom stereocenters. The van der Waals surface area contributed by atoms with Crippen molar-refractivity contribution in [2.45, 2.75) is 90.1 Å². The van der Waals surface area contributed by atoms with Gasteiger partial charge in [0.1, 0.15) is 0 Å². The van der Waals surface area contributed by atoms with Crippen molar-refractivity contribution in [2.24, 2.45) is 28.6 Å². The molecule has 0 amide bonds. The molecular formula is C29H36O4. The van der Waals surface area contributed by atoms with Crippen molar-refractivity contribution in [1.29, 1.82) is 0 Å². The average Bonchev–Trinajstić information content (AvgIpc) is 3.23. The second kappa shape index (κ2) is 6.88. The Kier molecular flexibility index (Phi) is 4.53. The molecule has 4 heteroatoms. The Morgan fingerprint density at radius 3 is 2.48 bits per heavy atom. The van der Waals surface area contributed by atoms with Crippen molar-refractivity contribution >= 4 is 11.6 Å². The third kappa shape index (κ3) is 2.65. The van der Waals surface area contributed by atoms with Gasteiger partial charge in [0, 0.05) is 17.4 Å². The fraction of sp³-hybridized carbons (Fsp3) is 0.655. The van der Waals surface area contributed by atoms with E-state index in [0.717, 1.165) is 44.1 Å². The van der Waals surface area contributed by atoms with Gasteiger partial charge in [-0.05, 0) is 81.6 Å². The molecule has 1 heterocycles. The minimum atomic E-state index is -0.902. The maximum Gasteiger partial charge on any atom is 0.193 e. The largest absolute Gasteiger partial charge is 0.339 e. The van der Waals surface area contributed by atoms with Gasteiger partial charge < -0.3 is 9.47 Å². The molecule has 176 valence electrons. The van der Waals surface area contributed by atoms with Crippen molar-refractivity contribution in [2.75, 3.05) is 0 Å². The van der Waals surface area contributed by atoms with Crippen LogP contribution in [0.4, 0.5) is 0 Å².